The summed E-state index contributed by atoms with van der Waals surface area (Å²) in [5.74, 6) is 2.00. The predicted molar refractivity (Wildman–Crippen MR) is 125 cm³/mol. The summed E-state index contributed by atoms with van der Waals surface area (Å²) in [6.07, 6.45) is 2.11. The van der Waals surface area contributed by atoms with Crippen molar-refractivity contribution in [1.29, 1.82) is 0 Å². The topological polar surface area (TPSA) is 75.3 Å². The fourth-order valence-corrected chi connectivity index (χ4v) is 3.07. The molecule has 0 spiro atoms. The number of guanidine groups is 1. The Balaban J connectivity index is 0.00000392. The molecular weight excluding hydrogens is 465 g/mol. The summed E-state index contributed by atoms with van der Waals surface area (Å²) < 4.78 is 5.34. The molecule has 0 saturated heterocycles. The maximum absolute atomic E-state index is 5.34. The molecule has 1 aromatic heterocycles. The van der Waals surface area contributed by atoms with Crippen LogP contribution in [0.5, 0.6) is 0 Å². The molecule has 2 N–H and O–H groups in total. The number of benzene rings is 1. The highest BCUT2D eigenvalue weighted by atomic mass is 127. The third-order valence-electron chi connectivity index (χ3n) is 5.08. The average molecular weight is 499 g/mol. The van der Waals surface area contributed by atoms with Crippen molar-refractivity contribution in [1.82, 2.24) is 20.8 Å². The minimum atomic E-state index is -0.150. The Morgan fingerprint density at radius 3 is 2.21 bits per heavy atom. The van der Waals surface area contributed by atoms with E-state index in [1.165, 1.54) is 5.56 Å². The van der Waals surface area contributed by atoms with Gasteiger partial charge in [0.15, 0.2) is 11.8 Å². The van der Waals surface area contributed by atoms with E-state index in [0.29, 0.717) is 18.3 Å². The number of aromatic nitrogens is 2. The van der Waals surface area contributed by atoms with Gasteiger partial charge in [0.1, 0.15) is 0 Å². The Morgan fingerprint density at radius 2 is 1.71 bits per heavy atom. The van der Waals surface area contributed by atoms with Gasteiger partial charge in [-0.1, -0.05) is 70.1 Å². The lowest BCUT2D eigenvalue weighted by Gasteiger charge is -2.33. The smallest absolute Gasteiger partial charge is 0.232 e. The van der Waals surface area contributed by atoms with E-state index < -0.39 is 0 Å². The highest BCUT2D eigenvalue weighted by Gasteiger charge is 2.28. The van der Waals surface area contributed by atoms with Crippen molar-refractivity contribution >= 4 is 29.9 Å². The number of aliphatic imine (C=N–C) groups is 1. The first kappa shape index (κ1) is 24.4. The minimum Gasteiger partial charge on any atom is -0.356 e. The highest BCUT2D eigenvalue weighted by molar-refractivity contribution is 14.0. The van der Waals surface area contributed by atoms with E-state index in [4.69, 9.17) is 4.52 Å². The van der Waals surface area contributed by atoms with E-state index in [0.717, 1.165) is 25.3 Å². The quantitative estimate of drug-likeness (QED) is 0.336. The van der Waals surface area contributed by atoms with Crippen LogP contribution >= 0.6 is 24.0 Å². The van der Waals surface area contributed by atoms with Crippen LogP contribution in [-0.4, -0.2) is 29.7 Å². The average Bonchev–Trinajstić information content (AvgIpc) is 3.15. The van der Waals surface area contributed by atoms with Gasteiger partial charge in [-0.05, 0) is 18.4 Å². The lowest BCUT2D eigenvalue weighted by atomic mass is 9.76. The highest BCUT2D eigenvalue weighted by Crippen LogP contribution is 2.30. The number of halogens is 1. The summed E-state index contributed by atoms with van der Waals surface area (Å²) in [5, 5.41) is 10.8. The Bertz CT molecular complexity index is 733. The zero-order chi connectivity index (χ0) is 19.9. The van der Waals surface area contributed by atoms with Crippen LogP contribution in [0.3, 0.4) is 0 Å². The van der Waals surface area contributed by atoms with Crippen molar-refractivity contribution in [3.05, 3.63) is 47.6 Å². The van der Waals surface area contributed by atoms with Gasteiger partial charge in [0, 0.05) is 24.4 Å². The van der Waals surface area contributed by atoms with Gasteiger partial charge in [0.05, 0.1) is 6.54 Å². The van der Waals surface area contributed by atoms with Crippen LogP contribution < -0.4 is 10.6 Å². The summed E-state index contributed by atoms with van der Waals surface area (Å²) in [6.45, 7) is 11.9. The first-order valence-electron chi connectivity index (χ1n) is 9.67. The van der Waals surface area contributed by atoms with Crippen molar-refractivity contribution in [2.75, 3.05) is 13.6 Å². The van der Waals surface area contributed by atoms with Crippen molar-refractivity contribution < 1.29 is 4.52 Å². The van der Waals surface area contributed by atoms with E-state index in [-0.39, 0.29) is 34.8 Å². The summed E-state index contributed by atoms with van der Waals surface area (Å²) in [4.78, 5) is 8.79. The number of rotatable bonds is 7. The van der Waals surface area contributed by atoms with Gasteiger partial charge < -0.3 is 15.2 Å². The first-order valence-corrected chi connectivity index (χ1v) is 9.67. The maximum atomic E-state index is 5.34. The normalized spacial score (nSPS) is 12.4. The van der Waals surface area contributed by atoms with Crippen LogP contribution in [0.1, 0.15) is 64.7 Å². The molecule has 0 unspecified atom stereocenters. The van der Waals surface area contributed by atoms with Crippen molar-refractivity contribution in [2.24, 2.45) is 4.99 Å². The van der Waals surface area contributed by atoms with E-state index in [9.17, 15) is 0 Å². The molecule has 0 fully saturated rings. The first-order chi connectivity index (χ1) is 12.8. The Kier molecular flexibility index (Phi) is 9.39. The molecule has 28 heavy (non-hydrogen) atoms. The summed E-state index contributed by atoms with van der Waals surface area (Å²) in [6, 6.07) is 10.7. The second kappa shape index (κ2) is 10.8. The monoisotopic (exact) mass is 499 g/mol. The number of hydrogen-bond acceptors (Lipinski definition) is 4. The molecule has 0 aliphatic rings. The molecule has 0 radical (unpaired) electrons. The van der Waals surface area contributed by atoms with Gasteiger partial charge in [0.25, 0.3) is 0 Å². The second-order valence-corrected chi connectivity index (χ2v) is 7.90. The molecule has 0 bridgehead atoms. The molecule has 2 aromatic rings. The lowest BCUT2D eigenvalue weighted by molar-refractivity contribution is 0.318. The molecule has 0 aliphatic heterocycles. The lowest BCUT2D eigenvalue weighted by Crippen LogP contribution is -2.45. The Labute approximate surface area is 186 Å². The fourth-order valence-electron chi connectivity index (χ4n) is 3.07. The standard InChI is InChI=1S/C21H33N5O.HI/c1-7-21(8-2,16-12-10-9-11-13-16)15-24-19(22-6)23-14-17-25-18(27-26-17)20(3,4)5;/h9-13H,7-8,14-15H2,1-6H3,(H2,22,23,24);1H. The molecule has 0 aliphatic carbocycles. The predicted octanol–water partition coefficient (Wildman–Crippen LogP) is 4.41. The van der Waals surface area contributed by atoms with Crippen molar-refractivity contribution in [2.45, 2.75) is 64.8 Å². The SMILES string of the molecule is CCC(CC)(CNC(=NC)NCc1noc(C(C)(C)C)n1)c1ccccc1.I. The Morgan fingerprint density at radius 1 is 1.07 bits per heavy atom. The third-order valence-corrected chi connectivity index (χ3v) is 5.08. The van der Waals surface area contributed by atoms with E-state index in [2.05, 4.69) is 90.7 Å². The Hall–Kier alpha value is -1.64. The van der Waals surface area contributed by atoms with Gasteiger partial charge in [-0.2, -0.15) is 4.98 Å². The van der Waals surface area contributed by atoms with E-state index in [1.807, 2.05) is 0 Å². The number of nitrogens with one attached hydrogen (secondary N) is 2. The van der Waals surface area contributed by atoms with Gasteiger partial charge in [-0.15, -0.1) is 24.0 Å². The summed E-state index contributed by atoms with van der Waals surface area (Å²) in [7, 11) is 1.77. The van der Waals surface area contributed by atoms with E-state index in [1.54, 1.807) is 7.05 Å². The summed E-state index contributed by atoms with van der Waals surface area (Å²) >= 11 is 0. The fraction of sp³-hybridized carbons (Fsp3) is 0.571. The molecule has 0 amide bonds. The van der Waals surface area contributed by atoms with Crippen LogP contribution in [0.15, 0.2) is 39.8 Å². The van der Waals surface area contributed by atoms with Crippen LogP contribution in [-0.2, 0) is 17.4 Å². The van der Waals surface area contributed by atoms with Crippen LogP contribution in [0.2, 0.25) is 0 Å². The molecule has 1 heterocycles. The van der Waals surface area contributed by atoms with Gasteiger partial charge in [-0.3, -0.25) is 4.99 Å². The van der Waals surface area contributed by atoms with Crippen LogP contribution in [0.25, 0.3) is 0 Å². The molecule has 7 heteroatoms. The van der Waals surface area contributed by atoms with Gasteiger partial charge in [0.2, 0.25) is 5.89 Å². The van der Waals surface area contributed by atoms with Crippen LogP contribution in [0.4, 0.5) is 0 Å². The second-order valence-electron chi connectivity index (χ2n) is 7.90. The summed E-state index contributed by atoms with van der Waals surface area (Å²) in [5.41, 5.74) is 1.28. The molecule has 1 aromatic carbocycles. The number of nitrogens with zero attached hydrogens (tertiary/aromatic N) is 3. The molecule has 0 atom stereocenters. The van der Waals surface area contributed by atoms with Crippen molar-refractivity contribution in [3.8, 4) is 0 Å². The zero-order valence-corrected chi connectivity index (χ0v) is 20.2. The largest absolute Gasteiger partial charge is 0.356 e. The molecule has 0 saturated carbocycles. The molecule has 156 valence electrons. The number of hydrogen-bond donors (Lipinski definition) is 2. The molecular formula is C21H34IN5O. The third kappa shape index (κ3) is 6.18. The minimum absolute atomic E-state index is 0. The van der Waals surface area contributed by atoms with E-state index >= 15 is 0 Å². The molecule has 6 nitrogen and oxygen atoms in total. The van der Waals surface area contributed by atoms with Crippen molar-refractivity contribution in [3.63, 3.8) is 0 Å². The maximum Gasteiger partial charge on any atom is 0.232 e. The van der Waals surface area contributed by atoms with Crippen LogP contribution in [0, 0.1) is 0 Å². The molecule has 2 rings (SSSR count). The zero-order valence-electron chi connectivity index (χ0n) is 17.9. The van der Waals surface area contributed by atoms with Gasteiger partial charge >= 0.3 is 0 Å². The van der Waals surface area contributed by atoms with Gasteiger partial charge in [-0.25, -0.2) is 0 Å².